The normalized spacial score (nSPS) is 20.3. The Hall–Kier alpha value is -1.81. The number of morpholine rings is 1. The molecule has 2 saturated heterocycles. The first-order chi connectivity index (χ1) is 13.2. The zero-order valence-electron chi connectivity index (χ0n) is 17.5. The van der Waals surface area contributed by atoms with Crippen molar-refractivity contribution in [2.24, 2.45) is 5.92 Å². The van der Waals surface area contributed by atoms with Crippen molar-refractivity contribution in [1.82, 2.24) is 9.80 Å². The summed E-state index contributed by atoms with van der Waals surface area (Å²) in [5.41, 5.74) is -1.22. The van der Waals surface area contributed by atoms with Gasteiger partial charge in [0, 0.05) is 32.7 Å². The van der Waals surface area contributed by atoms with Gasteiger partial charge in [-0.05, 0) is 50.7 Å². The lowest BCUT2D eigenvalue weighted by Crippen LogP contribution is -2.57. The number of aliphatic hydroxyl groups is 1. The Labute approximate surface area is 167 Å². The zero-order chi connectivity index (χ0) is 20.4. The number of hydrogen-bond acceptors (Lipinski definition) is 5. The fourth-order valence-electron chi connectivity index (χ4n) is 3.91. The Morgan fingerprint density at radius 3 is 2.64 bits per heavy atom. The lowest BCUT2D eigenvalue weighted by molar-refractivity contribution is -0.134. The Balaban J connectivity index is 1.58. The van der Waals surface area contributed by atoms with E-state index >= 15 is 0 Å². The lowest BCUT2D eigenvalue weighted by atomic mass is 9.89. The molecular formula is C22H32N2O4. The second kappa shape index (κ2) is 8.28. The molecule has 3 rings (SSSR count). The van der Waals surface area contributed by atoms with Gasteiger partial charge in [0.15, 0.2) is 11.5 Å². The highest BCUT2D eigenvalue weighted by molar-refractivity contribution is 5.91. The van der Waals surface area contributed by atoms with Crippen LogP contribution in [0.4, 0.5) is 0 Å². The summed E-state index contributed by atoms with van der Waals surface area (Å²) in [5, 5.41) is 9.68. The molecule has 1 spiro atoms. The van der Waals surface area contributed by atoms with Gasteiger partial charge < -0.3 is 19.2 Å². The first kappa shape index (κ1) is 20.9. The third kappa shape index (κ3) is 5.38. The highest BCUT2D eigenvalue weighted by Crippen LogP contribution is 2.31. The summed E-state index contributed by atoms with van der Waals surface area (Å²) in [4.78, 5) is 17.1. The Kier molecular flexibility index (Phi) is 6.18. The van der Waals surface area contributed by atoms with Crippen LogP contribution < -0.4 is 0 Å². The predicted octanol–water partition coefficient (Wildman–Crippen LogP) is 2.37. The van der Waals surface area contributed by atoms with Gasteiger partial charge in [0.05, 0.1) is 12.2 Å². The van der Waals surface area contributed by atoms with Gasteiger partial charge in [0.25, 0.3) is 5.91 Å². The minimum Gasteiger partial charge on any atom is -0.443 e. The van der Waals surface area contributed by atoms with Crippen molar-refractivity contribution in [1.29, 1.82) is 0 Å². The van der Waals surface area contributed by atoms with Crippen LogP contribution in [0.2, 0.25) is 0 Å². The van der Waals surface area contributed by atoms with Crippen molar-refractivity contribution in [3.63, 3.8) is 0 Å². The topological polar surface area (TPSA) is 66.2 Å². The average molecular weight is 389 g/mol. The van der Waals surface area contributed by atoms with Crippen LogP contribution in [0.1, 0.15) is 56.9 Å². The van der Waals surface area contributed by atoms with Crippen LogP contribution in [-0.2, 0) is 4.74 Å². The van der Waals surface area contributed by atoms with Gasteiger partial charge in [-0.3, -0.25) is 9.69 Å². The molecule has 1 aromatic heterocycles. The maximum Gasteiger partial charge on any atom is 0.289 e. The van der Waals surface area contributed by atoms with E-state index in [1.165, 1.54) is 0 Å². The van der Waals surface area contributed by atoms with Crippen molar-refractivity contribution in [3.05, 3.63) is 23.7 Å². The monoisotopic (exact) mass is 388 g/mol. The Morgan fingerprint density at radius 2 is 2.00 bits per heavy atom. The van der Waals surface area contributed by atoms with E-state index in [0.717, 1.165) is 39.1 Å². The molecule has 0 radical (unpaired) electrons. The fraction of sp³-hybridized carbons (Fsp3) is 0.682. The van der Waals surface area contributed by atoms with Crippen LogP contribution in [0.5, 0.6) is 0 Å². The molecule has 154 valence electrons. The summed E-state index contributed by atoms with van der Waals surface area (Å²) in [6.45, 7) is 12.8. The summed E-state index contributed by atoms with van der Waals surface area (Å²) in [7, 11) is 0. The molecule has 6 heteroatoms. The number of likely N-dealkylation sites (tertiary alicyclic amines) is 1. The molecule has 2 fully saturated rings. The van der Waals surface area contributed by atoms with Crippen LogP contribution in [0, 0.1) is 17.8 Å². The van der Waals surface area contributed by atoms with E-state index in [9.17, 15) is 9.90 Å². The highest BCUT2D eigenvalue weighted by atomic mass is 16.5. The molecule has 0 aromatic carbocycles. The van der Waals surface area contributed by atoms with Gasteiger partial charge in [-0.1, -0.05) is 19.8 Å². The van der Waals surface area contributed by atoms with Crippen LogP contribution in [-0.4, -0.2) is 71.3 Å². The summed E-state index contributed by atoms with van der Waals surface area (Å²) in [5.74, 6) is 6.67. The van der Waals surface area contributed by atoms with Crippen molar-refractivity contribution in [2.45, 2.75) is 51.7 Å². The summed E-state index contributed by atoms with van der Waals surface area (Å²) >= 11 is 0. The number of furan rings is 1. The SMILES string of the molecule is CC(C)CN1CCOC2(CCN(C(=O)c3ccc(C#CC(C)(C)O)o3)CC2)C1. The molecule has 1 aromatic rings. The number of hydrogen-bond donors (Lipinski definition) is 1. The average Bonchev–Trinajstić information content (AvgIpc) is 3.08. The Bertz CT molecular complexity index is 743. The lowest BCUT2D eigenvalue weighted by Gasteiger charge is -2.47. The molecule has 6 nitrogen and oxygen atoms in total. The third-order valence-corrected chi connectivity index (χ3v) is 5.22. The summed E-state index contributed by atoms with van der Waals surface area (Å²) in [6, 6.07) is 3.33. The molecule has 1 amide bonds. The fourth-order valence-corrected chi connectivity index (χ4v) is 3.91. The minimum atomic E-state index is -1.10. The standard InChI is InChI=1S/C22H32N2O4/c1-17(2)15-23-13-14-27-22(16-23)9-11-24(12-10-22)20(25)19-6-5-18(28-19)7-8-21(3,4)26/h5-6,17,26H,9-16H2,1-4H3. The van der Waals surface area contributed by atoms with E-state index in [0.29, 0.717) is 30.5 Å². The number of rotatable bonds is 3. The van der Waals surface area contributed by atoms with Crippen LogP contribution >= 0.6 is 0 Å². The highest BCUT2D eigenvalue weighted by Gasteiger charge is 2.41. The van der Waals surface area contributed by atoms with Crippen molar-refractivity contribution in [3.8, 4) is 11.8 Å². The zero-order valence-corrected chi connectivity index (χ0v) is 17.5. The molecule has 0 unspecified atom stereocenters. The third-order valence-electron chi connectivity index (χ3n) is 5.22. The van der Waals surface area contributed by atoms with Crippen LogP contribution in [0.25, 0.3) is 0 Å². The summed E-state index contributed by atoms with van der Waals surface area (Å²) < 4.78 is 11.8. The van der Waals surface area contributed by atoms with Gasteiger partial charge in [-0.2, -0.15) is 0 Å². The largest absolute Gasteiger partial charge is 0.443 e. The van der Waals surface area contributed by atoms with Crippen molar-refractivity contribution in [2.75, 3.05) is 39.3 Å². The van der Waals surface area contributed by atoms with E-state index < -0.39 is 5.60 Å². The predicted molar refractivity (Wildman–Crippen MR) is 107 cm³/mol. The smallest absolute Gasteiger partial charge is 0.289 e. The molecule has 2 aliphatic rings. The molecule has 0 aliphatic carbocycles. The van der Waals surface area contributed by atoms with E-state index in [1.807, 2.05) is 4.90 Å². The molecule has 3 heterocycles. The molecule has 1 N–H and O–H groups in total. The first-order valence-corrected chi connectivity index (χ1v) is 10.2. The molecule has 28 heavy (non-hydrogen) atoms. The van der Waals surface area contributed by atoms with Gasteiger partial charge in [0.2, 0.25) is 0 Å². The number of amides is 1. The quantitative estimate of drug-likeness (QED) is 0.806. The maximum absolute atomic E-state index is 12.8. The molecule has 0 saturated carbocycles. The van der Waals surface area contributed by atoms with Crippen LogP contribution in [0.15, 0.2) is 16.5 Å². The van der Waals surface area contributed by atoms with Crippen molar-refractivity contribution < 1.29 is 19.1 Å². The first-order valence-electron chi connectivity index (χ1n) is 10.2. The van der Waals surface area contributed by atoms with Crippen LogP contribution in [0.3, 0.4) is 0 Å². The molecule has 2 aliphatic heterocycles. The van der Waals surface area contributed by atoms with E-state index in [1.54, 1.807) is 26.0 Å². The number of ether oxygens (including phenoxy) is 1. The molecular weight excluding hydrogens is 356 g/mol. The van der Waals surface area contributed by atoms with Gasteiger partial charge >= 0.3 is 0 Å². The number of nitrogens with zero attached hydrogens (tertiary/aromatic N) is 2. The van der Waals surface area contributed by atoms with Gasteiger partial charge in [-0.15, -0.1) is 0 Å². The number of carbonyl (C=O) groups is 1. The molecule has 0 bridgehead atoms. The van der Waals surface area contributed by atoms with E-state index in [4.69, 9.17) is 9.15 Å². The minimum absolute atomic E-state index is 0.110. The second-order valence-corrected chi connectivity index (χ2v) is 8.93. The number of piperidine rings is 1. The molecule has 0 atom stereocenters. The maximum atomic E-state index is 12.8. The van der Waals surface area contributed by atoms with E-state index in [2.05, 4.69) is 30.6 Å². The van der Waals surface area contributed by atoms with Gasteiger partial charge in [0.1, 0.15) is 5.60 Å². The van der Waals surface area contributed by atoms with Gasteiger partial charge in [-0.25, -0.2) is 0 Å². The number of carbonyl (C=O) groups excluding carboxylic acids is 1. The van der Waals surface area contributed by atoms with E-state index in [-0.39, 0.29) is 11.5 Å². The van der Waals surface area contributed by atoms with Crippen molar-refractivity contribution >= 4 is 5.91 Å². The second-order valence-electron chi connectivity index (χ2n) is 8.93. The summed E-state index contributed by atoms with van der Waals surface area (Å²) in [6.07, 6.45) is 1.69. The Morgan fingerprint density at radius 1 is 1.29 bits per heavy atom.